The topological polar surface area (TPSA) is 63.5 Å². The second kappa shape index (κ2) is 9.53. The van der Waals surface area contributed by atoms with Crippen molar-refractivity contribution in [3.63, 3.8) is 0 Å². The van der Waals surface area contributed by atoms with E-state index in [-0.39, 0.29) is 12.0 Å². The fourth-order valence-electron chi connectivity index (χ4n) is 4.54. The Morgan fingerprint density at radius 2 is 1.66 bits per heavy atom. The Labute approximate surface area is 188 Å². The average Bonchev–Trinajstić information content (AvgIpc) is 3.54. The highest BCUT2D eigenvalue weighted by Gasteiger charge is 2.23. The van der Waals surface area contributed by atoms with Gasteiger partial charge in [-0.25, -0.2) is 9.97 Å². The van der Waals surface area contributed by atoms with Gasteiger partial charge in [-0.1, -0.05) is 0 Å². The molecule has 7 nitrogen and oxygen atoms in total. The van der Waals surface area contributed by atoms with E-state index in [1.54, 1.807) is 12.4 Å². The number of piperidine rings is 1. The summed E-state index contributed by atoms with van der Waals surface area (Å²) in [6.07, 6.45) is 9.94. The summed E-state index contributed by atoms with van der Waals surface area (Å²) in [7, 11) is 0. The smallest absolute Gasteiger partial charge is 0.253 e. The van der Waals surface area contributed by atoms with E-state index in [0.717, 1.165) is 69.7 Å². The summed E-state index contributed by atoms with van der Waals surface area (Å²) in [5.41, 5.74) is 1.94. The Morgan fingerprint density at radius 3 is 2.38 bits per heavy atom. The van der Waals surface area contributed by atoms with Crippen LogP contribution in [0.5, 0.6) is 5.75 Å². The van der Waals surface area contributed by atoms with Crippen molar-refractivity contribution < 1.29 is 9.53 Å². The van der Waals surface area contributed by atoms with E-state index in [2.05, 4.69) is 20.9 Å². The van der Waals surface area contributed by atoms with Crippen molar-refractivity contribution in [2.24, 2.45) is 0 Å². The number of amides is 1. The quantitative estimate of drug-likeness (QED) is 0.597. The van der Waals surface area contributed by atoms with Crippen LogP contribution < -0.4 is 4.74 Å². The Bertz CT molecular complexity index is 1020. The van der Waals surface area contributed by atoms with Crippen LogP contribution in [0.4, 0.5) is 0 Å². The maximum atomic E-state index is 12.5. The molecule has 2 aliphatic rings. The van der Waals surface area contributed by atoms with Crippen LogP contribution >= 0.6 is 0 Å². The van der Waals surface area contributed by atoms with E-state index >= 15 is 0 Å². The Kier molecular flexibility index (Phi) is 6.16. The number of ether oxygens (including phenoxy) is 1. The number of rotatable bonds is 6. The minimum absolute atomic E-state index is 0.132. The molecule has 4 heterocycles. The van der Waals surface area contributed by atoms with Crippen LogP contribution in [0.25, 0.3) is 5.95 Å². The van der Waals surface area contributed by atoms with Gasteiger partial charge in [0.15, 0.2) is 0 Å². The molecule has 0 unspecified atom stereocenters. The van der Waals surface area contributed by atoms with Gasteiger partial charge in [0.2, 0.25) is 5.95 Å². The highest BCUT2D eigenvalue weighted by atomic mass is 16.5. The summed E-state index contributed by atoms with van der Waals surface area (Å²) in [5.74, 6) is 1.68. The molecular formula is C25H29N5O2. The first-order valence-electron chi connectivity index (χ1n) is 11.5. The lowest BCUT2D eigenvalue weighted by Gasteiger charge is -2.32. The van der Waals surface area contributed by atoms with Crippen LogP contribution in [0.1, 0.15) is 41.7 Å². The summed E-state index contributed by atoms with van der Waals surface area (Å²) in [4.78, 5) is 25.6. The Balaban J connectivity index is 1.13. The molecule has 3 aromatic rings. The zero-order valence-electron chi connectivity index (χ0n) is 18.3. The third kappa shape index (κ3) is 4.67. The summed E-state index contributed by atoms with van der Waals surface area (Å²) in [5, 5.41) is 0. The van der Waals surface area contributed by atoms with Crippen molar-refractivity contribution in [1.29, 1.82) is 0 Å². The van der Waals surface area contributed by atoms with Crippen LogP contribution in [-0.4, -0.2) is 62.5 Å². The van der Waals surface area contributed by atoms with E-state index in [1.807, 2.05) is 52.1 Å². The maximum absolute atomic E-state index is 12.5. The second-order valence-electron chi connectivity index (χ2n) is 8.54. The molecule has 7 heteroatoms. The van der Waals surface area contributed by atoms with Gasteiger partial charge >= 0.3 is 0 Å². The average molecular weight is 432 g/mol. The molecular weight excluding hydrogens is 402 g/mol. The van der Waals surface area contributed by atoms with Gasteiger partial charge in [0.1, 0.15) is 11.9 Å². The monoisotopic (exact) mass is 431 g/mol. The minimum Gasteiger partial charge on any atom is -0.490 e. The fourth-order valence-corrected chi connectivity index (χ4v) is 4.54. The van der Waals surface area contributed by atoms with Crippen molar-refractivity contribution in [2.75, 3.05) is 26.2 Å². The van der Waals surface area contributed by atoms with Crippen molar-refractivity contribution in [3.8, 4) is 11.7 Å². The van der Waals surface area contributed by atoms with Gasteiger partial charge in [-0.3, -0.25) is 14.3 Å². The predicted molar refractivity (Wildman–Crippen MR) is 122 cm³/mol. The first-order valence-corrected chi connectivity index (χ1v) is 11.5. The van der Waals surface area contributed by atoms with Crippen LogP contribution in [0, 0.1) is 0 Å². The van der Waals surface area contributed by atoms with Crippen LogP contribution in [0.2, 0.25) is 0 Å². The lowest BCUT2D eigenvalue weighted by Crippen LogP contribution is -2.38. The molecule has 0 radical (unpaired) electrons. The number of carbonyl (C=O) groups is 1. The first-order chi connectivity index (χ1) is 15.8. The highest BCUT2D eigenvalue weighted by molar-refractivity contribution is 5.94. The lowest BCUT2D eigenvalue weighted by molar-refractivity contribution is 0.0792. The zero-order valence-corrected chi connectivity index (χ0v) is 18.3. The minimum atomic E-state index is 0.132. The molecule has 166 valence electrons. The van der Waals surface area contributed by atoms with Gasteiger partial charge in [0.25, 0.3) is 5.91 Å². The molecule has 32 heavy (non-hydrogen) atoms. The number of hydrogen-bond acceptors (Lipinski definition) is 5. The van der Waals surface area contributed by atoms with Crippen LogP contribution in [0.15, 0.2) is 61.1 Å². The zero-order chi connectivity index (χ0) is 21.8. The van der Waals surface area contributed by atoms with E-state index in [4.69, 9.17) is 4.74 Å². The molecule has 0 N–H and O–H groups in total. The Hall–Kier alpha value is -3.19. The molecule has 2 aliphatic heterocycles. The molecule has 2 aromatic heterocycles. The molecule has 0 saturated carbocycles. The maximum Gasteiger partial charge on any atom is 0.253 e. The summed E-state index contributed by atoms with van der Waals surface area (Å²) in [6.45, 7) is 4.58. The molecule has 0 bridgehead atoms. The van der Waals surface area contributed by atoms with Crippen molar-refractivity contribution in [2.45, 2.75) is 38.3 Å². The number of likely N-dealkylation sites (tertiary alicyclic amines) is 2. The number of benzene rings is 1. The summed E-state index contributed by atoms with van der Waals surface area (Å²) < 4.78 is 8.26. The van der Waals surface area contributed by atoms with E-state index in [9.17, 15) is 4.79 Å². The molecule has 2 fully saturated rings. The van der Waals surface area contributed by atoms with Crippen LogP contribution in [0.3, 0.4) is 0 Å². The fraction of sp³-hybridized carbons (Fsp3) is 0.400. The third-order valence-corrected chi connectivity index (χ3v) is 6.32. The largest absolute Gasteiger partial charge is 0.490 e. The van der Waals surface area contributed by atoms with Crippen LogP contribution in [-0.2, 0) is 6.54 Å². The third-order valence-electron chi connectivity index (χ3n) is 6.32. The molecule has 0 atom stereocenters. The van der Waals surface area contributed by atoms with Crippen molar-refractivity contribution in [1.82, 2.24) is 24.3 Å². The lowest BCUT2D eigenvalue weighted by atomic mass is 10.1. The van der Waals surface area contributed by atoms with Gasteiger partial charge in [0.05, 0.1) is 0 Å². The Morgan fingerprint density at radius 1 is 0.938 bits per heavy atom. The van der Waals surface area contributed by atoms with Gasteiger partial charge < -0.3 is 9.64 Å². The molecule has 0 spiro atoms. The molecule has 1 amide bonds. The van der Waals surface area contributed by atoms with E-state index < -0.39 is 0 Å². The number of aromatic nitrogens is 3. The second-order valence-corrected chi connectivity index (χ2v) is 8.54. The van der Waals surface area contributed by atoms with E-state index in [0.29, 0.717) is 5.95 Å². The van der Waals surface area contributed by atoms with Gasteiger partial charge in [-0.05, 0) is 68.1 Å². The molecule has 0 aliphatic carbocycles. The number of nitrogens with zero attached hydrogens (tertiary/aromatic N) is 5. The van der Waals surface area contributed by atoms with E-state index in [1.165, 1.54) is 5.69 Å². The normalized spacial score (nSPS) is 17.6. The summed E-state index contributed by atoms with van der Waals surface area (Å²) in [6, 6.07) is 13.7. The SMILES string of the molecule is O=C(c1ccc(OC2CCN(Cc3cccn3-c3ncccn3)CC2)cc1)N1CCCC1. The molecule has 5 rings (SSSR count). The van der Waals surface area contributed by atoms with Gasteiger partial charge in [-0.2, -0.15) is 0 Å². The highest BCUT2D eigenvalue weighted by Crippen LogP contribution is 2.22. The number of hydrogen-bond donors (Lipinski definition) is 0. The number of carbonyl (C=O) groups excluding carboxylic acids is 1. The van der Waals surface area contributed by atoms with Crippen molar-refractivity contribution >= 4 is 5.91 Å². The van der Waals surface area contributed by atoms with Gasteiger partial charge in [-0.15, -0.1) is 0 Å². The first kappa shape index (κ1) is 20.7. The molecule has 2 saturated heterocycles. The predicted octanol–water partition coefficient (Wildman–Crippen LogP) is 3.55. The standard InChI is InChI=1S/C25H29N5O2/c31-24(29-14-1-2-15-29)20-6-8-22(9-7-20)32-23-10-17-28(18-11-23)19-21-5-3-16-30(21)25-26-12-4-13-27-25/h3-9,12-13,16,23H,1-2,10-11,14-15,17-19H2. The molecule has 1 aromatic carbocycles. The van der Waals surface area contributed by atoms with Crippen molar-refractivity contribution in [3.05, 3.63) is 72.3 Å². The summed E-state index contributed by atoms with van der Waals surface area (Å²) >= 11 is 0. The van der Waals surface area contributed by atoms with Gasteiger partial charge in [0, 0.05) is 62.6 Å².